The molecule has 174 valence electrons. The quantitative estimate of drug-likeness (QED) is 0.202. The van der Waals surface area contributed by atoms with Crippen LogP contribution in [-0.2, 0) is 15.3 Å². The maximum absolute atomic E-state index is 6.94. The van der Waals surface area contributed by atoms with E-state index in [1.807, 2.05) is 6.08 Å². The Hall–Kier alpha value is -1.13. The molecule has 0 aliphatic carbocycles. The van der Waals surface area contributed by atoms with Gasteiger partial charge in [0.15, 0.2) is 16.6 Å². The van der Waals surface area contributed by atoms with Gasteiger partial charge in [-0.25, -0.2) is 0 Å². The molecule has 1 aromatic carbocycles. The minimum absolute atomic E-state index is 0.0705. The van der Waals surface area contributed by atoms with Gasteiger partial charge in [0.2, 0.25) is 0 Å². The van der Waals surface area contributed by atoms with Crippen molar-refractivity contribution in [3.05, 3.63) is 48.6 Å². The summed E-state index contributed by atoms with van der Waals surface area (Å²) in [6.45, 7) is 27.0. The molecular weight excluding hydrogens is 412 g/mol. The molecule has 0 spiro atoms. The fourth-order valence-corrected chi connectivity index (χ4v) is 5.80. The minimum atomic E-state index is -2.01. The van der Waals surface area contributed by atoms with Gasteiger partial charge in [-0.2, -0.15) is 0 Å². The Bertz CT molecular complexity index is 733. The molecule has 3 atom stereocenters. The van der Waals surface area contributed by atoms with Crippen molar-refractivity contribution in [2.24, 2.45) is 5.92 Å². The molecule has 2 nitrogen and oxygen atoms in total. The standard InChI is InChI=1S/C27H46O2Si2/c1-13-18-25(29-31(11,12)27(6,7)8)23(21-22-19-16-15-17-20-22)24(14-2)28-30(9,10)26(3,4)5/h1,14-17,19-20,23-25H,2,18,21H2,3-12H3/t23-,24+,25-/m0/s1. The molecule has 31 heavy (non-hydrogen) atoms. The monoisotopic (exact) mass is 458 g/mol. The highest BCUT2D eigenvalue weighted by molar-refractivity contribution is 6.74. The molecule has 0 unspecified atom stereocenters. The first-order valence-electron chi connectivity index (χ1n) is 11.5. The van der Waals surface area contributed by atoms with E-state index in [9.17, 15) is 0 Å². The molecule has 0 heterocycles. The molecule has 0 amide bonds. The van der Waals surface area contributed by atoms with Crippen LogP contribution in [0.5, 0.6) is 0 Å². The van der Waals surface area contributed by atoms with Gasteiger partial charge in [-0.15, -0.1) is 18.9 Å². The third-order valence-electron chi connectivity index (χ3n) is 7.25. The van der Waals surface area contributed by atoms with Crippen LogP contribution in [-0.4, -0.2) is 28.8 Å². The van der Waals surface area contributed by atoms with Crippen molar-refractivity contribution in [2.45, 2.75) is 103 Å². The van der Waals surface area contributed by atoms with E-state index in [-0.39, 0.29) is 28.2 Å². The van der Waals surface area contributed by atoms with Gasteiger partial charge in [-0.3, -0.25) is 0 Å². The van der Waals surface area contributed by atoms with E-state index in [1.165, 1.54) is 5.56 Å². The Morgan fingerprint density at radius 3 is 1.84 bits per heavy atom. The third kappa shape index (κ3) is 7.75. The van der Waals surface area contributed by atoms with Gasteiger partial charge in [-0.1, -0.05) is 78.0 Å². The van der Waals surface area contributed by atoms with Crippen LogP contribution in [0.2, 0.25) is 36.3 Å². The molecule has 4 heteroatoms. The Balaban J connectivity index is 3.41. The lowest BCUT2D eigenvalue weighted by molar-refractivity contribution is 0.0504. The first-order chi connectivity index (χ1) is 14.1. The van der Waals surface area contributed by atoms with Crippen LogP contribution in [0.3, 0.4) is 0 Å². The van der Waals surface area contributed by atoms with E-state index in [0.717, 1.165) is 6.42 Å². The van der Waals surface area contributed by atoms with Crippen molar-refractivity contribution in [3.8, 4) is 12.3 Å². The third-order valence-corrected chi connectivity index (χ3v) is 16.2. The Labute approximate surface area is 195 Å². The highest BCUT2D eigenvalue weighted by atomic mass is 28.4. The molecule has 0 aliphatic rings. The average Bonchev–Trinajstić information content (AvgIpc) is 2.63. The summed E-state index contributed by atoms with van der Waals surface area (Å²) >= 11 is 0. The second-order valence-corrected chi connectivity index (χ2v) is 21.3. The first kappa shape index (κ1) is 27.9. The summed E-state index contributed by atoms with van der Waals surface area (Å²) in [4.78, 5) is 0. The highest BCUT2D eigenvalue weighted by Gasteiger charge is 2.44. The lowest BCUT2D eigenvalue weighted by Gasteiger charge is -2.45. The van der Waals surface area contributed by atoms with Crippen molar-refractivity contribution < 1.29 is 8.85 Å². The molecule has 0 aliphatic heterocycles. The summed E-state index contributed by atoms with van der Waals surface area (Å²) in [6, 6.07) is 10.6. The number of benzene rings is 1. The molecule has 0 saturated carbocycles. The first-order valence-corrected chi connectivity index (χ1v) is 17.3. The number of terminal acetylenes is 1. The molecule has 0 fully saturated rings. The average molecular weight is 459 g/mol. The van der Waals surface area contributed by atoms with Gasteiger partial charge in [0, 0.05) is 12.3 Å². The van der Waals surface area contributed by atoms with E-state index in [4.69, 9.17) is 15.3 Å². The molecule has 1 rings (SSSR count). The van der Waals surface area contributed by atoms with Crippen LogP contribution < -0.4 is 0 Å². The maximum Gasteiger partial charge on any atom is 0.192 e. The number of hydrogen-bond donors (Lipinski definition) is 0. The summed E-state index contributed by atoms with van der Waals surface area (Å²) in [5.74, 6) is 3.01. The molecule has 1 aromatic rings. The predicted molar refractivity (Wildman–Crippen MR) is 141 cm³/mol. The number of rotatable bonds is 10. The van der Waals surface area contributed by atoms with Crippen LogP contribution in [0.4, 0.5) is 0 Å². The summed E-state index contributed by atoms with van der Waals surface area (Å²) in [7, 11) is -4.01. The zero-order valence-corrected chi connectivity index (χ0v) is 23.7. The fraction of sp³-hybridized carbons (Fsp3) is 0.630. The number of hydrogen-bond acceptors (Lipinski definition) is 2. The van der Waals surface area contributed by atoms with E-state index in [1.54, 1.807) is 0 Å². The second-order valence-electron chi connectivity index (χ2n) is 11.8. The maximum atomic E-state index is 6.94. The van der Waals surface area contributed by atoms with Gasteiger partial charge in [0.1, 0.15) is 0 Å². The van der Waals surface area contributed by atoms with Crippen molar-refractivity contribution in [1.82, 2.24) is 0 Å². The largest absolute Gasteiger partial charge is 0.413 e. The van der Waals surface area contributed by atoms with Crippen LogP contribution in [0.1, 0.15) is 53.5 Å². The van der Waals surface area contributed by atoms with Gasteiger partial charge in [0.25, 0.3) is 0 Å². The van der Waals surface area contributed by atoms with Gasteiger partial charge in [0.05, 0.1) is 12.2 Å². The molecule has 0 N–H and O–H groups in total. The van der Waals surface area contributed by atoms with Gasteiger partial charge >= 0.3 is 0 Å². The SMILES string of the molecule is C#CC[C@H](O[Si](C)(C)C(C)(C)C)[C@@H](Cc1ccccc1)[C@@H](C=C)O[Si](C)(C)C(C)(C)C. The fourth-order valence-electron chi connectivity index (χ4n) is 3.12. The van der Waals surface area contributed by atoms with E-state index in [2.05, 4.69) is 111 Å². The predicted octanol–water partition coefficient (Wildman–Crippen LogP) is 7.84. The topological polar surface area (TPSA) is 18.5 Å². The summed E-state index contributed by atoms with van der Waals surface area (Å²) in [6.07, 6.45) is 9.09. The van der Waals surface area contributed by atoms with Crippen LogP contribution in [0, 0.1) is 18.3 Å². The van der Waals surface area contributed by atoms with E-state index < -0.39 is 16.6 Å². The molecule has 0 radical (unpaired) electrons. The lowest BCUT2D eigenvalue weighted by atomic mass is 9.87. The van der Waals surface area contributed by atoms with Crippen LogP contribution >= 0.6 is 0 Å². The Kier molecular flexibility index (Phi) is 9.60. The second kappa shape index (κ2) is 10.7. The Morgan fingerprint density at radius 1 is 0.935 bits per heavy atom. The molecule has 0 bridgehead atoms. The van der Waals surface area contributed by atoms with Crippen LogP contribution in [0.15, 0.2) is 43.0 Å². The minimum Gasteiger partial charge on any atom is -0.413 e. The highest BCUT2D eigenvalue weighted by Crippen LogP contribution is 2.42. The van der Waals surface area contributed by atoms with E-state index >= 15 is 0 Å². The molecular formula is C27H46O2Si2. The smallest absolute Gasteiger partial charge is 0.192 e. The summed E-state index contributed by atoms with van der Waals surface area (Å²) in [5, 5.41) is 0.231. The van der Waals surface area contributed by atoms with Gasteiger partial charge in [-0.05, 0) is 48.2 Å². The normalized spacial score (nSPS) is 16.3. The van der Waals surface area contributed by atoms with Gasteiger partial charge < -0.3 is 8.85 Å². The molecule has 0 aromatic heterocycles. The van der Waals surface area contributed by atoms with Crippen LogP contribution in [0.25, 0.3) is 0 Å². The van der Waals surface area contributed by atoms with Crippen molar-refractivity contribution >= 4 is 16.6 Å². The van der Waals surface area contributed by atoms with E-state index in [0.29, 0.717) is 6.42 Å². The summed E-state index contributed by atoms with van der Waals surface area (Å²) in [5.41, 5.74) is 1.28. The molecule has 0 saturated heterocycles. The zero-order chi connectivity index (χ0) is 24.1. The van der Waals surface area contributed by atoms with Crippen molar-refractivity contribution in [3.63, 3.8) is 0 Å². The lowest BCUT2D eigenvalue weighted by Crippen LogP contribution is -2.51. The summed E-state index contributed by atoms with van der Waals surface area (Å²) < 4.78 is 13.8. The zero-order valence-electron chi connectivity index (χ0n) is 21.7. The Morgan fingerprint density at radius 2 is 1.42 bits per heavy atom. The van der Waals surface area contributed by atoms with Crippen molar-refractivity contribution in [1.29, 1.82) is 0 Å². The van der Waals surface area contributed by atoms with Crippen molar-refractivity contribution in [2.75, 3.05) is 0 Å².